The highest BCUT2D eigenvalue weighted by Gasteiger charge is 2.31. The molecule has 0 unspecified atom stereocenters. The molecule has 0 aromatic heterocycles. The average Bonchev–Trinajstić information content (AvgIpc) is 2.73. The van der Waals surface area contributed by atoms with Crippen LogP contribution < -0.4 is 25.0 Å². The maximum absolute atomic E-state index is 12.7. The Balaban J connectivity index is 1.73. The van der Waals surface area contributed by atoms with Crippen molar-refractivity contribution in [3.05, 3.63) is 48.5 Å². The molecular weight excluding hydrogens is 370 g/mol. The molecule has 154 valence electrons. The lowest BCUT2D eigenvalue weighted by molar-refractivity contribution is -0.128. The summed E-state index contributed by atoms with van der Waals surface area (Å²) >= 11 is 0. The SMILES string of the molecule is CCCNC(=O)[C@H]1CN(CC(=O)Nc2ccccc2OCC)c2ccccc2O1. The van der Waals surface area contributed by atoms with Gasteiger partial charge in [0, 0.05) is 6.54 Å². The predicted octanol–water partition coefficient (Wildman–Crippen LogP) is 2.82. The number of amides is 2. The van der Waals surface area contributed by atoms with Crippen molar-refractivity contribution in [1.29, 1.82) is 0 Å². The maximum atomic E-state index is 12.7. The lowest BCUT2D eigenvalue weighted by Gasteiger charge is -2.35. The average molecular weight is 397 g/mol. The van der Waals surface area contributed by atoms with Crippen molar-refractivity contribution in [1.82, 2.24) is 5.32 Å². The van der Waals surface area contributed by atoms with Crippen LogP contribution in [0.3, 0.4) is 0 Å². The highest BCUT2D eigenvalue weighted by molar-refractivity contribution is 5.96. The molecule has 0 spiro atoms. The van der Waals surface area contributed by atoms with Crippen molar-refractivity contribution in [2.75, 3.05) is 36.5 Å². The topological polar surface area (TPSA) is 79.9 Å². The quantitative estimate of drug-likeness (QED) is 0.716. The zero-order chi connectivity index (χ0) is 20.6. The van der Waals surface area contributed by atoms with Crippen LogP contribution in [0.5, 0.6) is 11.5 Å². The zero-order valence-corrected chi connectivity index (χ0v) is 16.8. The van der Waals surface area contributed by atoms with Crippen molar-refractivity contribution in [2.45, 2.75) is 26.4 Å². The number of para-hydroxylation sites is 4. The molecule has 29 heavy (non-hydrogen) atoms. The van der Waals surface area contributed by atoms with Crippen LogP contribution in [0.15, 0.2) is 48.5 Å². The Labute approximate surface area is 171 Å². The molecule has 0 saturated carbocycles. The number of anilines is 2. The van der Waals surface area contributed by atoms with E-state index in [1.165, 1.54) is 0 Å². The van der Waals surface area contributed by atoms with Gasteiger partial charge in [0.25, 0.3) is 5.91 Å². The molecule has 2 amide bonds. The molecule has 2 N–H and O–H groups in total. The van der Waals surface area contributed by atoms with Crippen molar-refractivity contribution in [2.24, 2.45) is 0 Å². The minimum atomic E-state index is -0.667. The fourth-order valence-electron chi connectivity index (χ4n) is 3.17. The number of rotatable bonds is 8. The van der Waals surface area contributed by atoms with Gasteiger partial charge in [-0.1, -0.05) is 31.2 Å². The van der Waals surface area contributed by atoms with E-state index in [4.69, 9.17) is 9.47 Å². The van der Waals surface area contributed by atoms with E-state index < -0.39 is 6.10 Å². The third-order valence-electron chi connectivity index (χ3n) is 4.50. The van der Waals surface area contributed by atoms with Gasteiger partial charge >= 0.3 is 0 Å². The Morgan fingerprint density at radius 1 is 1.14 bits per heavy atom. The molecule has 0 fully saturated rings. The summed E-state index contributed by atoms with van der Waals surface area (Å²) in [5.74, 6) is 0.857. The van der Waals surface area contributed by atoms with E-state index in [1.807, 2.05) is 61.2 Å². The summed E-state index contributed by atoms with van der Waals surface area (Å²) in [6, 6.07) is 14.8. The summed E-state index contributed by atoms with van der Waals surface area (Å²) in [4.78, 5) is 27.0. The molecule has 0 aliphatic carbocycles. The van der Waals surface area contributed by atoms with Gasteiger partial charge in [0.1, 0.15) is 11.5 Å². The molecule has 1 aliphatic heterocycles. The van der Waals surface area contributed by atoms with E-state index in [2.05, 4.69) is 10.6 Å². The van der Waals surface area contributed by atoms with Crippen LogP contribution in [0, 0.1) is 0 Å². The molecule has 7 heteroatoms. The summed E-state index contributed by atoms with van der Waals surface area (Å²) in [6.45, 7) is 5.39. The van der Waals surface area contributed by atoms with Gasteiger partial charge in [-0.25, -0.2) is 0 Å². The van der Waals surface area contributed by atoms with Crippen LogP contribution in [0.4, 0.5) is 11.4 Å². The summed E-state index contributed by atoms with van der Waals surface area (Å²) < 4.78 is 11.4. The first-order chi connectivity index (χ1) is 14.1. The fourth-order valence-corrected chi connectivity index (χ4v) is 3.17. The summed E-state index contributed by atoms with van der Waals surface area (Å²) in [5.41, 5.74) is 1.42. The molecule has 2 aromatic carbocycles. The van der Waals surface area contributed by atoms with Crippen molar-refractivity contribution < 1.29 is 19.1 Å². The molecule has 1 aliphatic rings. The van der Waals surface area contributed by atoms with E-state index in [-0.39, 0.29) is 18.4 Å². The molecule has 0 saturated heterocycles. The molecule has 3 rings (SSSR count). The van der Waals surface area contributed by atoms with Gasteiger partial charge in [0.2, 0.25) is 5.91 Å². The first-order valence-corrected chi connectivity index (χ1v) is 9.92. The molecule has 0 radical (unpaired) electrons. The minimum Gasteiger partial charge on any atom is -0.492 e. The summed E-state index contributed by atoms with van der Waals surface area (Å²) in [6.07, 6.45) is 0.181. The fraction of sp³-hybridized carbons (Fsp3) is 0.364. The predicted molar refractivity (Wildman–Crippen MR) is 113 cm³/mol. The van der Waals surface area contributed by atoms with Gasteiger partial charge in [0.05, 0.1) is 31.1 Å². The third-order valence-corrected chi connectivity index (χ3v) is 4.50. The summed E-state index contributed by atoms with van der Waals surface area (Å²) in [5, 5.41) is 5.77. The second-order valence-corrected chi connectivity index (χ2v) is 6.72. The van der Waals surface area contributed by atoms with Crippen LogP contribution in [0.1, 0.15) is 20.3 Å². The Kier molecular flexibility index (Phi) is 6.94. The first-order valence-electron chi connectivity index (χ1n) is 9.92. The van der Waals surface area contributed by atoms with Crippen LogP contribution >= 0.6 is 0 Å². The lowest BCUT2D eigenvalue weighted by atomic mass is 10.1. The minimum absolute atomic E-state index is 0.0956. The lowest BCUT2D eigenvalue weighted by Crippen LogP contribution is -2.50. The number of carbonyl (C=O) groups is 2. The highest BCUT2D eigenvalue weighted by atomic mass is 16.5. The standard InChI is InChI=1S/C22H27N3O4/c1-3-13-23-22(27)20-14-25(17-10-6-8-12-19(17)29-20)15-21(26)24-16-9-5-7-11-18(16)28-4-2/h5-12,20H,3-4,13-15H2,1-2H3,(H,23,27)(H,24,26)/t20-/m1/s1. The number of nitrogens with one attached hydrogen (secondary N) is 2. The monoisotopic (exact) mass is 397 g/mol. The number of hydrogen-bond donors (Lipinski definition) is 2. The normalized spacial score (nSPS) is 15.1. The number of carbonyl (C=O) groups excluding carboxylic acids is 2. The first kappa shape index (κ1) is 20.5. The van der Waals surface area contributed by atoms with Gasteiger partial charge in [-0.2, -0.15) is 0 Å². The zero-order valence-electron chi connectivity index (χ0n) is 16.8. The van der Waals surface area contributed by atoms with Gasteiger partial charge in [-0.05, 0) is 37.6 Å². The van der Waals surface area contributed by atoms with E-state index in [1.54, 1.807) is 6.07 Å². The van der Waals surface area contributed by atoms with Gasteiger partial charge in [-0.3, -0.25) is 9.59 Å². The van der Waals surface area contributed by atoms with E-state index in [0.29, 0.717) is 36.9 Å². The van der Waals surface area contributed by atoms with Crippen molar-refractivity contribution >= 4 is 23.2 Å². The number of fused-ring (bicyclic) bond motifs is 1. The van der Waals surface area contributed by atoms with E-state index >= 15 is 0 Å². The van der Waals surface area contributed by atoms with E-state index in [0.717, 1.165) is 12.1 Å². The molecule has 7 nitrogen and oxygen atoms in total. The van der Waals surface area contributed by atoms with Crippen LogP contribution in [0.2, 0.25) is 0 Å². The maximum Gasteiger partial charge on any atom is 0.262 e. The Hall–Kier alpha value is -3.22. The highest BCUT2D eigenvalue weighted by Crippen LogP contribution is 2.33. The molecule has 2 aromatic rings. The number of ether oxygens (including phenoxy) is 2. The molecule has 0 bridgehead atoms. The Bertz CT molecular complexity index is 855. The summed E-state index contributed by atoms with van der Waals surface area (Å²) in [7, 11) is 0. The second kappa shape index (κ2) is 9.82. The second-order valence-electron chi connectivity index (χ2n) is 6.72. The van der Waals surface area contributed by atoms with Gasteiger partial charge in [0.15, 0.2) is 6.10 Å². The third kappa shape index (κ3) is 5.19. The van der Waals surface area contributed by atoms with Crippen LogP contribution in [0.25, 0.3) is 0 Å². The van der Waals surface area contributed by atoms with Gasteiger partial charge < -0.3 is 25.0 Å². The van der Waals surface area contributed by atoms with Gasteiger partial charge in [-0.15, -0.1) is 0 Å². The molecular formula is C22H27N3O4. The smallest absolute Gasteiger partial charge is 0.262 e. The van der Waals surface area contributed by atoms with E-state index in [9.17, 15) is 9.59 Å². The number of nitrogens with zero attached hydrogens (tertiary/aromatic N) is 1. The Morgan fingerprint density at radius 2 is 1.90 bits per heavy atom. The molecule has 1 atom stereocenters. The van der Waals surface area contributed by atoms with Crippen molar-refractivity contribution in [3.63, 3.8) is 0 Å². The Morgan fingerprint density at radius 3 is 2.69 bits per heavy atom. The van der Waals surface area contributed by atoms with Crippen LogP contribution in [-0.4, -0.2) is 44.2 Å². The molecule has 1 heterocycles. The largest absolute Gasteiger partial charge is 0.492 e. The number of benzene rings is 2. The van der Waals surface area contributed by atoms with Crippen LogP contribution in [-0.2, 0) is 9.59 Å². The number of hydrogen-bond acceptors (Lipinski definition) is 5. The van der Waals surface area contributed by atoms with Crippen molar-refractivity contribution in [3.8, 4) is 11.5 Å².